The molecule has 3 unspecified atom stereocenters. The number of carbonyl (C=O) groups excluding carboxylic acids is 1. The summed E-state index contributed by atoms with van der Waals surface area (Å²) < 4.78 is 0. The van der Waals surface area contributed by atoms with Crippen molar-refractivity contribution in [2.45, 2.75) is 58.5 Å². The average molecular weight is 196 g/mol. The Labute approximate surface area is 85.7 Å². The number of ketones is 1. The smallest absolute Gasteiger partial charge is 0.147 e. The maximum Gasteiger partial charge on any atom is 0.147 e. The van der Waals surface area contributed by atoms with Gasteiger partial charge in [0.2, 0.25) is 0 Å². The molecule has 0 saturated heterocycles. The van der Waals surface area contributed by atoms with E-state index in [0.29, 0.717) is 5.78 Å². The van der Waals surface area contributed by atoms with Gasteiger partial charge in [-0.15, -0.1) is 0 Å². The Kier molecular flexibility index (Phi) is 2.22. The first-order chi connectivity index (χ1) is 6.49. The number of hydrogen-bond donors (Lipinski definition) is 1. The molecule has 2 aliphatic carbocycles. The number of rotatable bonds is 0. The summed E-state index contributed by atoms with van der Waals surface area (Å²) in [5, 5.41) is 9.97. The molecule has 2 saturated carbocycles. The van der Waals surface area contributed by atoms with E-state index in [1.165, 1.54) is 0 Å². The first kappa shape index (κ1) is 10.2. The van der Waals surface area contributed by atoms with Gasteiger partial charge in [-0.05, 0) is 25.7 Å². The molecule has 2 rings (SSSR count). The van der Waals surface area contributed by atoms with Crippen LogP contribution in [0.3, 0.4) is 0 Å². The van der Waals surface area contributed by atoms with Gasteiger partial charge >= 0.3 is 0 Å². The molecule has 0 radical (unpaired) electrons. The van der Waals surface area contributed by atoms with Gasteiger partial charge in [0.15, 0.2) is 0 Å². The second-order valence-corrected chi connectivity index (χ2v) is 5.57. The maximum atomic E-state index is 12.3. The predicted octanol–water partition coefficient (Wildman–Crippen LogP) is 2.30. The lowest BCUT2D eigenvalue weighted by Gasteiger charge is -2.44. The molecule has 3 atom stereocenters. The highest BCUT2D eigenvalue weighted by atomic mass is 16.3. The predicted molar refractivity (Wildman–Crippen MR) is 54.9 cm³/mol. The molecule has 2 nitrogen and oxygen atoms in total. The first-order valence-electron chi connectivity index (χ1n) is 5.72. The van der Waals surface area contributed by atoms with Crippen molar-refractivity contribution in [1.29, 1.82) is 0 Å². The molecule has 14 heavy (non-hydrogen) atoms. The van der Waals surface area contributed by atoms with E-state index < -0.39 is 11.5 Å². The van der Waals surface area contributed by atoms with Crippen LogP contribution < -0.4 is 0 Å². The zero-order valence-electron chi connectivity index (χ0n) is 9.18. The van der Waals surface area contributed by atoms with Crippen LogP contribution in [0, 0.1) is 10.8 Å². The number of aliphatic hydroxyl groups excluding tert-OH is 1. The van der Waals surface area contributed by atoms with Crippen LogP contribution in [0.4, 0.5) is 0 Å². The minimum Gasteiger partial charge on any atom is -0.392 e. The van der Waals surface area contributed by atoms with Crippen molar-refractivity contribution in [2.24, 2.45) is 10.8 Å². The number of carbonyl (C=O) groups is 1. The molecule has 0 amide bonds. The van der Waals surface area contributed by atoms with Crippen molar-refractivity contribution in [3.05, 3.63) is 0 Å². The van der Waals surface area contributed by atoms with Crippen LogP contribution in [-0.4, -0.2) is 17.0 Å². The molecular weight excluding hydrogens is 176 g/mol. The molecular formula is C12H20O2. The van der Waals surface area contributed by atoms with Gasteiger partial charge in [0.1, 0.15) is 5.78 Å². The second kappa shape index (κ2) is 3.06. The summed E-state index contributed by atoms with van der Waals surface area (Å²) in [5.41, 5.74) is -0.575. The molecule has 2 heteroatoms. The van der Waals surface area contributed by atoms with Gasteiger partial charge in [0.05, 0.1) is 11.5 Å². The van der Waals surface area contributed by atoms with Gasteiger partial charge in [-0.3, -0.25) is 4.79 Å². The molecule has 80 valence electrons. The quantitative estimate of drug-likeness (QED) is 0.645. The fourth-order valence-electron chi connectivity index (χ4n) is 3.25. The summed E-state index contributed by atoms with van der Waals surface area (Å²) >= 11 is 0. The standard InChI is InChI=1S/C12H20O2/c1-11-6-3-4-7-12(2,10(11)14)9(13)5-8-11/h9,13H,3-8H2,1-2H3. The van der Waals surface area contributed by atoms with Crippen molar-refractivity contribution < 1.29 is 9.90 Å². The Morgan fingerprint density at radius 2 is 1.86 bits per heavy atom. The largest absolute Gasteiger partial charge is 0.392 e. The fraction of sp³-hybridized carbons (Fsp3) is 0.917. The second-order valence-electron chi connectivity index (χ2n) is 5.57. The molecule has 0 aromatic carbocycles. The molecule has 0 aromatic heterocycles. The summed E-state index contributed by atoms with van der Waals surface area (Å²) in [7, 11) is 0. The lowest BCUT2D eigenvalue weighted by molar-refractivity contribution is -0.151. The van der Waals surface area contributed by atoms with Crippen molar-refractivity contribution in [2.75, 3.05) is 0 Å². The van der Waals surface area contributed by atoms with E-state index >= 15 is 0 Å². The Morgan fingerprint density at radius 3 is 2.57 bits per heavy atom. The minimum absolute atomic E-state index is 0.134. The molecule has 0 heterocycles. The van der Waals surface area contributed by atoms with E-state index in [1.54, 1.807) is 0 Å². The molecule has 0 aliphatic heterocycles. The summed E-state index contributed by atoms with van der Waals surface area (Å²) in [6.45, 7) is 4.05. The van der Waals surface area contributed by atoms with Gasteiger partial charge in [-0.25, -0.2) is 0 Å². The summed E-state index contributed by atoms with van der Waals surface area (Å²) in [6, 6.07) is 0. The van der Waals surface area contributed by atoms with E-state index in [0.717, 1.165) is 38.5 Å². The summed E-state index contributed by atoms with van der Waals surface area (Å²) in [6.07, 6.45) is 5.42. The first-order valence-corrected chi connectivity index (χ1v) is 5.72. The van der Waals surface area contributed by atoms with Crippen LogP contribution in [0.5, 0.6) is 0 Å². The van der Waals surface area contributed by atoms with E-state index in [2.05, 4.69) is 6.92 Å². The van der Waals surface area contributed by atoms with Crippen LogP contribution >= 0.6 is 0 Å². The lowest BCUT2D eigenvalue weighted by Crippen LogP contribution is -2.50. The van der Waals surface area contributed by atoms with Crippen LogP contribution in [0.15, 0.2) is 0 Å². The van der Waals surface area contributed by atoms with E-state index in [4.69, 9.17) is 0 Å². The highest BCUT2D eigenvalue weighted by Gasteiger charge is 2.53. The van der Waals surface area contributed by atoms with Gasteiger partial charge in [-0.1, -0.05) is 26.7 Å². The Hall–Kier alpha value is -0.370. The Morgan fingerprint density at radius 1 is 1.21 bits per heavy atom. The van der Waals surface area contributed by atoms with Crippen LogP contribution in [-0.2, 0) is 4.79 Å². The van der Waals surface area contributed by atoms with Crippen LogP contribution in [0.1, 0.15) is 52.4 Å². The van der Waals surface area contributed by atoms with Crippen molar-refractivity contribution >= 4 is 5.78 Å². The third-order valence-corrected chi connectivity index (χ3v) is 4.45. The highest BCUT2D eigenvalue weighted by Crippen LogP contribution is 2.50. The van der Waals surface area contributed by atoms with E-state index in [1.807, 2.05) is 6.92 Å². The fourth-order valence-corrected chi connectivity index (χ4v) is 3.25. The van der Waals surface area contributed by atoms with Crippen molar-refractivity contribution in [3.63, 3.8) is 0 Å². The monoisotopic (exact) mass is 196 g/mol. The maximum absolute atomic E-state index is 12.3. The summed E-state index contributed by atoms with van der Waals surface area (Å²) in [4.78, 5) is 12.3. The van der Waals surface area contributed by atoms with Gasteiger partial charge in [-0.2, -0.15) is 0 Å². The van der Waals surface area contributed by atoms with Crippen LogP contribution in [0.25, 0.3) is 0 Å². The molecule has 1 N–H and O–H groups in total. The number of Topliss-reactive ketones (excluding diaryl/α,β-unsaturated/α-hetero) is 1. The van der Waals surface area contributed by atoms with E-state index in [9.17, 15) is 9.90 Å². The van der Waals surface area contributed by atoms with E-state index in [-0.39, 0.29) is 5.41 Å². The third kappa shape index (κ3) is 1.23. The topological polar surface area (TPSA) is 37.3 Å². The summed E-state index contributed by atoms with van der Waals surface area (Å²) in [5.74, 6) is 0.321. The van der Waals surface area contributed by atoms with Gasteiger partial charge < -0.3 is 5.11 Å². The zero-order valence-corrected chi connectivity index (χ0v) is 9.18. The number of aliphatic hydroxyl groups is 1. The molecule has 2 aliphatic rings. The average Bonchev–Trinajstić information content (AvgIpc) is 2.23. The minimum atomic E-state index is -0.441. The van der Waals surface area contributed by atoms with Crippen molar-refractivity contribution in [3.8, 4) is 0 Å². The number of hydrogen-bond acceptors (Lipinski definition) is 2. The number of fused-ring (bicyclic) bond motifs is 2. The molecule has 2 bridgehead atoms. The molecule has 0 aromatic rings. The molecule has 0 spiro atoms. The normalized spacial score (nSPS) is 48.8. The Balaban J connectivity index is 2.38. The Bertz CT molecular complexity index is 261. The van der Waals surface area contributed by atoms with Crippen LogP contribution in [0.2, 0.25) is 0 Å². The SMILES string of the molecule is CC12CCCCC(C)(C1=O)C(O)CC2. The lowest BCUT2D eigenvalue weighted by atomic mass is 9.60. The zero-order chi connectivity index (χ0) is 10.4. The highest BCUT2D eigenvalue weighted by molar-refractivity contribution is 5.91. The molecule has 2 fully saturated rings. The van der Waals surface area contributed by atoms with Gasteiger partial charge in [0, 0.05) is 5.41 Å². The third-order valence-electron chi connectivity index (χ3n) is 4.45. The van der Waals surface area contributed by atoms with Gasteiger partial charge in [0.25, 0.3) is 0 Å². The van der Waals surface area contributed by atoms with Crippen molar-refractivity contribution in [1.82, 2.24) is 0 Å².